The molecule has 2 N–H and O–H groups in total. The number of hydrogen-bond donors (Lipinski definition) is 2. The van der Waals surface area contributed by atoms with Gasteiger partial charge in [0.1, 0.15) is 5.54 Å². The molecule has 114 valence electrons. The van der Waals surface area contributed by atoms with E-state index in [9.17, 15) is 14.7 Å². The zero-order valence-electron chi connectivity index (χ0n) is 12.2. The van der Waals surface area contributed by atoms with Crippen molar-refractivity contribution in [3.8, 4) is 0 Å². The Morgan fingerprint density at radius 3 is 2.35 bits per heavy atom. The molecule has 0 radical (unpaired) electrons. The summed E-state index contributed by atoms with van der Waals surface area (Å²) in [6.07, 6.45) is 3.59. The minimum atomic E-state index is -1.13. The zero-order valence-corrected chi connectivity index (χ0v) is 12.2. The van der Waals surface area contributed by atoms with Crippen molar-refractivity contribution in [2.24, 2.45) is 5.92 Å². The van der Waals surface area contributed by atoms with Gasteiger partial charge in [0.05, 0.1) is 6.10 Å². The summed E-state index contributed by atoms with van der Waals surface area (Å²) in [5.41, 5.74) is -1.13. The fraction of sp³-hybridized carbons (Fsp3) is 0.857. The van der Waals surface area contributed by atoms with Crippen molar-refractivity contribution in [3.05, 3.63) is 0 Å². The van der Waals surface area contributed by atoms with Gasteiger partial charge in [0.15, 0.2) is 0 Å². The van der Waals surface area contributed by atoms with Gasteiger partial charge in [-0.25, -0.2) is 9.59 Å². The fourth-order valence-corrected chi connectivity index (χ4v) is 2.75. The van der Waals surface area contributed by atoms with Crippen molar-refractivity contribution in [1.29, 1.82) is 0 Å². The lowest BCUT2D eigenvalue weighted by Gasteiger charge is -2.35. The Bertz CT molecular complexity index is 375. The molecule has 1 atom stereocenters. The molecule has 1 heterocycles. The van der Waals surface area contributed by atoms with Crippen molar-refractivity contribution >= 4 is 12.0 Å². The molecule has 2 amide bonds. The SMILES string of the molecule is CCOC1CCN(C(=O)NC(C)(C(=O)O)C2CC2)CC1. The summed E-state index contributed by atoms with van der Waals surface area (Å²) in [6.45, 7) is 5.51. The van der Waals surface area contributed by atoms with Crippen LogP contribution in [0.3, 0.4) is 0 Å². The molecule has 2 rings (SSSR count). The molecule has 2 aliphatic rings. The van der Waals surface area contributed by atoms with E-state index >= 15 is 0 Å². The van der Waals surface area contributed by atoms with Crippen molar-refractivity contribution < 1.29 is 19.4 Å². The molecule has 20 heavy (non-hydrogen) atoms. The number of amides is 2. The molecule has 6 heteroatoms. The molecule has 1 saturated heterocycles. The highest BCUT2D eigenvalue weighted by molar-refractivity contribution is 5.86. The Morgan fingerprint density at radius 2 is 1.90 bits per heavy atom. The van der Waals surface area contributed by atoms with E-state index in [2.05, 4.69) is 5.32 Å². The van der Waals surface area contributed by atoms with Gasteiger partial charge in [-0.3, -0.25) is 0 Å². The van der Waals surface area contributed by atoms with Crippen LogP contribution in [0.4, 0.5) is 4.79 Å². The summed E-state index contributed by atoms with van der Waals surface area (Å²) in [5, 5.41) is 12.1. The highest BCUT2D eigenvalue weighted by atomic mass is 16.5. The summed E-state index contributed by atoms with van der Waals surface area (Å²) in [4.78, 5) is 25.3. The van der Waals surface area contributed by atoms with Crippen molar-refractivity contribution in [2.75, 3.05) is 19.7 Å². The van der Waals surface area contributed by atoms with Gasteiger partial charge in [0, 0.05) is 19.7 Å². The number of ether oxygens (including phenoxy) is 1. The summed E-state index contributed by atoms with van der Waals surface area (Å²) in [6, 6.07) is -0.267. The molecule has 0 aromatic carbocycles. The van der Waals surface area contributed by atoms with Gasteiger partial charge in [0.25, 0.3) is 0 Å². The molecular weight excluding hydrogens is 260 g/mol. The maximum absolute atomic E-state index is 12.2. The normalized spacial score (nSPS) is 23.2. The van der Waals surface area contributed by atoms with E-state index in [-0.39, 0.29) is 18.1 Å². The first kappa shape index (κ1) is 15.1. The van der Waals surface area contributed by atoms with Crippen LogP contribution in [-0.4, -0.2) is 53.3 Å². The van der Waals surface area contributed by atoms with E-state index in [4.69, 9.17) is 4.74 Å². The first-order valence-corrected chi connectivity index (χ1v) is 7.39. The number of rotatable bonds is 5. The third-order valence-electron chi connectivity index (χ3n) is 4.34. The van der Waals surface area contributed by atoms with Gasteiger partial charge in [-0.05, 0) is 45.4 Å². The van der Waals surface area contributed by atoms with Crippen LogP contribution in [0.1, 0.15) is 39.5 Å². The number of aliphatic carboxylic acids is 1. The standard InChI is InChI=1S/C14H24N2O4/c1-3-20-11-6-8-16(9-7-11)13(19)15-14(2,12(17)18)10-4-5-10/h10-11H,3-9H2,1-2H3,(H,15,19)(H,17,18). The average molecular weight is 284 g/mol. The molecule has 1 unspecified atom stereocenters. The summed E-state index contributed by atoms with van der Waals surface area (Å²) >= 11 is 0. The number of carbonyl (C=O) groups is 2. The molecular formula is C14H24N2O4. The Labute approximate surface area is 119 Å². The number of likely N-dealkylation sites (tertiary alicyclic amines) is 1. The van der Waals surface area contributed by atoms with Crippen LogP contribution in [-0.2, 0) is 9.53 Å². The molecule has 1 aliphatic carbocycles. The van der Waals surface area contributed by atoms with E-state index in [0.29, 0.717) is 19.7 Å². The molecule has 0 spiro atoms. The number of piperidine rings is 1. The van der Waals surface area contributed by atoms with Gasteiger partial charge in [0.2, 0.25) is 0 Å². The zero-order chi connectivity index (χ0) is 14.8. The molecule has 2 fully saturated rings. The molecule has 1 aliphatic heterocycles. The second-order valence-corrected chi connectivity index (χ2v) is 5.85. The molecule has 0 bridgehead atoms. The number of nitrogens with zero attached hydrogens (tertiary/aromatic N) is 1. The quantitative estimate of drug-likeness (QED) is 0.801. The van der Waals surface area contributed by atoms with E-state index in [1.54, 1.807) is 11.8 Å². The fourth-order valence-electron chi connectivity index (χ4n) is 2.75. The lowest BCUT2D eigenvalue weighted by molar-refractivity contribution is -0.144. The monoisotopic (exact) mass is 284 g/mol. The first-order valence-electron chi connectivity index (χ1n) is 7.39. The van der Waals surface area contributed by atoms with Crippen LogP contribution in [0.15, 0.2) is 0 Å². The van der Waals surface area contributed by atoms with E-state index in [1.165, 1.54) is 0 Å². The van der Waals surface area contributed by atoms with Crippen molar-refractivity contribution in [3.63, 3.8) is 0 Å². The van der Waals surface area contributed by atoms with Gasteiger partial charge in [-0.15, -0.1) is 0 Å². The second kappa shape index (κ2) is 5.99. The maximum Gasteiger partial charge on any atom is 0.329 e. The number of carboxylic acids is 1. The minimum absolute atomic E-state index is 0.0601. The predicted octanol–water partition coefficient (Wildman–Crippen LogP) is 1.45. The van der Waals surface area contributed by atoms with E-state index < -0.39 is 11.5 Å². The van der Waals surface area contributed by atoms with Crippen LogP contribution >= 0.6 is 0 Å². The predicted molar refractivity (Wildman–Crippen MR) is 73.5 cm³/mol. The van der Waals surface area contributed by atoms with Gasteiger partial charge in [-0.1, -0.05) is 0 Å². The van der Waals surface area contributed by atoms with Crippen LogP contribution in [0.25, 0.3) is 0 Å². The van der Waals surface area contributed by atoms with Gasteiger partial charge < -0.3 is 20.1 Å². The Hall–Kier alpha value is -1.30. The summed E-state index contributed by atoms with van der Waals surface area (Å²) in [7, 11) is 0. The van der Waals surface area contributed by atoms with Crippen molar-refractivity contribution in [1.82, 2.24) is 10.2 Å². The number of carboxylic acid groups (broad SMARTS) is 1. The van der Waals surface area contributed by atoms with Crippen LogP contribution in [0, 0.1) is 5.92 Å². The third-order valence-corrected chi connectivity index (χ3v) is 4.34. The molecule has 0 aromatic rings. The lowest BCUT2D eigenvalue weighted by Crippen LogP contribution is -2.58. The van der Waals surface area contributed by atoms with Gasteiger partial charge in [-0.2, -0.15) is 0 Å². The van der Waals surface area contributed by atoms with Crippen LogP contribution < -0.4 is 5.32 Å². The Balaban J connectivity index is 1.87. The second-order valence-electron chi connectivity index (χ2n) is 5.85. The number of urea groups is 1. The highest BCUT2D eigenvalue weighted by Crippen LogP contribution is 2.39. The molecule has 0 aromatic heterocycles. The maximum atomic E-state index is 12.2. The Morgan fingerprint density at radius 1 is 1.30 bits per heavy atom. The summed E-state index contributed by atoms with van der Waals surface area (Å²) in [5.74, 6) is -0.887. The van der Waals surface area contributed by atoms with E-state index in [0.717, 1.165) is 25.7 Å². The largest absolute Gasteiger partial charge is 0.480 e. The number of hydrogen-bond acceptors (Lipinski definition) is 3. The average Bonchev–Trinajstić information content (AvgIpc) is 3.24. The summed E-state index contributed by atoms with van der Waals surface area (Å²) < 4.78 is 5.55. The smallest absolute Gasteiger partial charge is 0.329 e. The number of carbonyl (C=O) groups excluding carboxylic acids is 1. The third kappa shape index (κ3) is 3.23. The highest BCUT2D eigenvalue weighted by Gasteiger charge is 2.49. The lowest BCUT2D eigenvalue weighted by atomic mass is 9.96. The first-order chi connectivity index (χ1) is 9.47. The van der Waals surface area contributed by atoms with Crippen molar-refractivity contribution in [2.45, 2.75) is 51.2 Å². The van der Waals surface area contributed by atoms with E-state index in [1.807, 2.05) is 6.92 Å². The topological polar surface area (TPSA) is 78.9 Å². The van der Waals surface area contributed by atoms with Crippen LogP contribution in [0.2, 0.25) is 0 Å². The van der Waals surface area contributed by atoms with Gasteiger partial charge >= 0.3 is 12.0 Å². The number of nitrogens with one attached hydrogen (secondary N) is 1. The molecule has 1 saturated carbocycles. The molecule has 6 nitrogen and oxygen atoms in total. The Kier molecular flexibility index (Phi) is 4.52. The van der Waals surface area contributed by atoms with Crippen LogP contribution in [0.5, 0.6) is 0 Å². The minimum Gasteiger partial charge on any atom is -0.480 e.